The van der Waals surface area contributed by atoms with Crippen LogP contribution < -0.4 is 11.3 Å². The topological polar surface area (TPSA) is 38.0 Å². The van der Waals surface area contributed by atoms with Gasteiger partial charge >= 0.3 is 0 Å². The van der Waals surface area contributed by atoms with E-state index in [1.165, 1.54) is 26.4 Å². The molecule has 0 saturated carbocycles. The van der Waals surface area contributed by atoms with Gasteiger partial charge in [-0.15, -0.1) is 11.3 Å². The summed E-state index contributed by atoms with van der Waals surface area (Å²) in [6, 6.07) is 11.0. The van der Waals surface area contributed by atoms with Crippen LogP contribution in [0.15, 0.2) is 30.3 Å². The smallest absolute Gasteiger partial charge is 0.0513 e. The lowest BCUT2D eigenvalue weighted by Gasteiger charge is -2.20. The van der Waals surface area contributed by atoms with E-state index in [-0.39, 0.29) is 6.04 Å². The molecule has 1 aromatic heterocycles. The van der Waals surface area contributed by atoms with Crippen LogP contribution in [0.3, 0.4) is 0 Å². The molecule has 0 amide bonds. The fraction of sp³-hybridized carbons (Fsp3) is 0.375. The van der Waals surface area contributed by atoms with E-state index >= 15 is 0 Å². The number of hydrogen-bond acceptors (Lipinski definition) is 3. The minimum Gasteiger partial charge on any atom is -0.271 e. The third-order valence-corrected chi connectivity index (χ3v) is 4.81. The molecule has 1 heterocycles. The summed E-state index contributed by atoms with van der Waals surface area (Å²) >= 11 is 1.89. The molecule has 2 nitrogen and oxygen atoms in total. The van der Waals surface area contributed by atoms with E-state index < -0.39 is 0 Å². The van der Waals surface area contributed by atoms with Crippen LogP contribution in [0.1, 0.15) is 39.4 Å². The van der Waals surface area contributed by atoms with Crippen LogP contribution in [0.25, 0.3) is 0 Å². The number of nitrogens with two attached hydrogens (primary N) is 1. The van der Waals surface area contributed by atoms with Crippen LogP contribution in [0.2, 0.25) is 0 Å². The molecule has 0 aliphatic heterocycles. The Hall–Kier alpha value is -1.16. The molecule has 1 unspecified atom stereocenters. The van der Waals surface area contributed by atoms with Crippen LogP contribution in [0.5, 0.6) is 0 Å². The zero-order valence-corrected chi connectivity index (χ0v) is 12.7. The van der Waals surface area contributed by atoms with Crippen molar-refractivity contribution in [2.75, 3.05) is 0 Å². The first kappa shape index (κ1) is 14.3. The van der Waals surface area contributed by atoms with Crippen LogP contribution in [0, 0.1) is 13.8 Å². The second-order valence-corrected chi connectivity index (χ2v) is 6.20. The minimum atomic E-state index is 0.185. The molecule has 2 aromatic rings. The van der Waals surface area contributed by atoms with E-state index in [1.807, 2.05) is 11.3 Å². The molecule has 0 radical (unpaired) electrons. The maximum Gasteiger partial charge on any atom is 0.0513 e. The zero-order chi connectivity index (χ0) is 13.8. The summed E-state index contributed by atoms with van der Waals surface area (Å²) in [6.07, 6.45) is 2.06. The van der Waals surface area contributed by atoms with Gasteiger partial charge in [0.05, 0.1) is 6.04 Å². The molecule has 19 heavy (non-hydrogen) atoms. The van der Waals surface area contributed by atoms with Crippen molar-refractivity contribution in [3.05, 3.63) is 56.8 Å². The molecule has 102 valence electrons. The monoisotopic (exact) mass is 274 g/mol. The standard InChI is InChI=1S/C16H22N2S/c1-4-13-8-9-14(19-13)10-15(18-17)16-11(2)6-5-7-12(16)3/h5-9,15,18H,4,10,17H2,1-3H3. The summed E-state index contributed by atoms with van der Waals surface area (Å²) in [4.78, 5) is 2.83. The van der Waals surface area contributed by atoms with Gasteiger partial charge in [0.2, 0.25) is 0 Å². The van der Waals surface area contributed by atoms with Gasteiger partial charge in [-0.2, -0.15) is 0 Å². The number of hydrogen-bond donors (Lipinski definition) is 2. The normalized spacial score (nSPS) is 12.6. The first-order chi connectivity index (χ1) is 9.15. The largest absolute Gasteiger partial charge is 0.271 e. The van der Waals surface area contributed by atoms with Crippen molar-refractivity contribution in [2.24, 2.45) is 5.84 Å². The Bertz CT molecular complexity index is 525. The SMILES string of the molecule is CCc1ccc(CC(NN)c2c(C)cccc2C)s1. The fourth-order valence-corrected chi connectivity index (χ4v) is 3.55. The van der Waals surface area contributed by atoms with Gasteiger partial charge in [-0.25, -0.2) is 0 Å². The number of rotatable bonds is 5. The number of nitrogens with one attached hydrogen (secondary N) is 1. The molecule has 0 fully saturated rings. The molecule has 1 aromatic carbocycles. The Morgan fingerprint density at radius 1 is 1.11 bits per heavy atom. The Kier molecular flexibility index (Phi) is 4.75. The van der Waals surface area contributed by atoms with Crippen molar-refractivity contribution >= 4 is 11.3 Å². The van der Waals surface area contributed by atoms with Crippen molar-refractivity contribution in [3.8, 4) is 0 Å². The van der Waals surface area contributed by atoms with Crippen molar-refractivity contribution in [3.63, 3.8) is 0 Å². The van der Waals surface area contributed by atoms with Crippen LogP contribution >= 0.6 is 11.3 Å². The van der Waals surface area contributed by atoms with E-state index in [0.717, 1.165) is 12.8 Å². The van der Waals surface area contributed by atoms with Gasteiger partial charge in [0.15, 0.2) is 0 Å². The van der Waals surface area contributed by atoms with Crippen LogP contribution in [0.4, 0.5) is 0 Å². The molecule has 0 spiro atoms. The van der Waals surface area contributed by atoms with E-state index in [4.69, 9.17) is 5.84 Å². The van der Waals surface area contributed by atoms with Gasteiger partial charge in [0.25, 0.3) is 0 Å². The summed E-state index contributed by atoms with van der Waals surface area (Å²) in [6.45, 7) is 6.50. The zero-order valence-electron chi connectivity index (χ0n) is 11.9. The van der Waals surface area contributed by atoms with Crippen LogP contribution in [-0.2, 0) is 12.8 Å². The average molecular weight is 274 g/mol. The maximum absolute atomic E-state index is 5.78. The highest BCUT2D eigenvalue weighted by molar-refractivity contribution is 7.11. The molecule has 1 atom stereocenters. The molecular weight excluding hydrogens is 252 g/mol. The average Bonchev–Trinajstić information content (AvgIpc) is 2.85. The predicted octanol–water partition coefficient (Wildman–Crippen LogP) is 3.67. The molecule has 3 heteroatoms. The Morgan fingerprint density at radius 2 is 1.74 bits per heavy atom. The fourth-order valence-electron chi connectivity index (χ4n) is 2.54. The highest BCUT2D eigenvalue weighted by Gasteiger charge is 2.16. The summed E-state index contributed by atoms with van der Waals surface area (Å²) in [5, 5.41) is 0. The van der Waals surface area contributed by atoms with Gasteiger partial charge in [0.1, 0.15) is 0 Å². The first-order valence-corrected chi connectivity index (χ1v) is 7.57. The summed E-state index contributed by atoms with van der Waals surface area (Å²) < 4.78 is 0. The number of thiophene rings is 1. The highest BCUT2D eigenvalue weighted by Crippen LogP contribution is 2.27. The second kappa shape index (κ2) is 6.33. The molecule has 3 N–H and O–H groups in total. The van der Waals surface area contributed by atoms with Gasteiger partial charge in [-0.3, -0.25) is 11.3 Å². The van der Waals surface area contributed by atoms with Gasteiger partial charge in [0, 0.05) is 16.2 Å². The number of benzene rings is 1. The molecule has 0 aliphatic carbocycles. The van der Waals surface area contributed by atoms with Crippen molar-refractivity contribution in [1.29, 1.82) is 0 Å². The summed E-state index contributed by atoms with van der Waals surface area (Å²) in [5.74, 6) is 5.78. The van der Waals surface area contributed by atoms with E-state index in [0.29, 0.717) is 0 Å². The predicted molar refractivity (Wildman–Crippen MR) is 83.4 cm³/mol. The lowest BCUT2D eigenvalue weighted by molar-refractivity contribution is 0.550. The summed E-state index contributed by atoms with van der Waals surface area (Å²) in [5.41, 5.74) is 6.91. The van der Waals surface area contributed by atoms with E-state index in [1.54, 1.807) is 0 Å². The number of hydrazine groups is 1. The third-order valence-electron chi connectivity index (χ3n) is 3.56. The van der Waals surface area contributed by atoms with E-state index in [9.17, 15) is 0 Å². The second-order valence-electron chi connectivity index (χ2n) is 4.95. The molecule has 0 bridgehead atoms. The lowest BCUT2D eigenvalue weighted by Crippen LogP contribution is -2.30. The van der Waals surface area contributed by atoms with Gasteiger partial charge < -0.3 is 0 Å². The number of aryl methyl sites for hydroxylation is 3. The Morgan fingerprint density at radius 3 is 2.26 bits per heavy atom. The first-order valence-electron chi connectivity index (χ1n) is 6.75. The molecule has 0 aliphatic rings. The van der Waals surface area contributed by atoms with Crippen molar-refractivity contribution in [1.82, 2.24) is 5.43 Å². The summed E-state index contributed by atoms with van der Waals surface area (Å²) in [7, 11) is 0. The van der Waals surface area contributed by atoms with E-state index in [2.05, 4.69) is 56.5 Å². The Labute approximate surface area is 119 Å². The Balaban J connectivity index is 2.25. The maximum atomic E-state index is 5.78. The third kappa shape index (κ3) is 3.24. The van der Waals surface area contributed by atoms with Gasteiger partial charge in [-0.1, -0.05) is 25.1 Å². The van der Waals surface area contributed by atoms with Gasteiger partial charge in [-0.05, 0) is 49.1 Å². The molecular formula is C16H22N2S. The van der Waals surface area contributed by atoms with Crippen molar-refractivity contribution in [2.45, 2.75) is 39.7 Å². The molecule has 2 rings (SSSR count). The minimum absolute atomic E-state index is 0.185. The lowest BCUT2D eigenvalue weighted by atomic mass is 9.94. The molecule has 0 saturated heterocycles. The highest BCUT2D eigenvalue weighted by atomic mass is 32.1. The van der Waals surface area contributed by atoms with Crippen molar-refractivity contribution < 1.29 is 0 Å². The van der Waals surface area contributed by atoms with Crippen LogP contribution in [-0.4, -0.2) is 0 Å². The quantitative estimate of drug-likeness (QED) is 0.645.